The number of aryl methyl sites for hydroxylation is 1. The summed E-state index contributed by atoms with van der Waals surface area (Å²) in [4.78, 5) is 17.1. The normalized spacial score (nSPS) is 10.8. The van der Waals surface area contributed by atoms with Crippen molar-refractivity contribution in [3.05, 3.63) is 90.0 Å². The second kappa shape index (κ2) is 5.75. The van der Waals surface area contributed by atoms with Crippen LogP contribution in [0.3, 0.4) is 0 Å². The molecule has 1 aromatic heterocycles. The van der Waals surface area contributed by atoms with Gasteiger partial charge in [-0.2, -0.15) is 0 Å². The number of Topliss-reactive ketones (excluding diaryl/α,β-unsaturated/α-hetero) is 1. The molecular formula is C18H16N2O. The van der Waals surface area contributed by atoms with E-state index in [4.69, 9.17) is 0 Å². The van der Waals surface area contributed by atoms with Gasteiger partial charge >= 0.3 is 0 Å². The second-order valence-electron chi connectivity index (χ2n) is 4.98. The third-order valence-electron chi connectivity index (χ3n) is 3.57. The van der Waals surface area contributed by atoms with E-state index in [-0.39, 0.29) is 11.7 Å². The van der Waals surface area contributed by atoms with E-state index >= 15 is 0 Å². The van der Waals surface area contributed by atoms with Gasteiger partial charge in [-0.15, -0.1) is 0 Å². The predicted octanol–water partition coefficient (Wildman–Crippen LogP) is 3.43. The smallest absolute Gasteiger partial charge is 0.210 e. The van der Waals surface area contributed by atoms with Crippen molar-refractivity contribution in [2.24, 2.45) is 7.05 Å². The number of imidazole rings is 1. The maximum absolute atomic E-state index is 12.9. The van der Waals surface area contributed by atoms with E-state index in [0.717, 1.165) is 11.1 Å². The zero-order valence-corrected chi connectivity index (χ0v) is 11.8. The molecular weight excluding hydrogens is 260 g/mol. The van der Waals surface area contributed by atoms with Crippen LogP contribution in [-0.2, 0) is 7.05 Å². The molecule has 21 heavy (non-hydrogen) atoms. The maximum atomic E-state index is 12.9. The minimum Gasteiger partial charge on any atom is -0.332 e. The van der Waals surface area contributed by atoms with Crippen molar-refractivity contribution in [1.29, 1.82) is 0 Å². The van der Waals surface area contributed by atoms with Crippen LogP contribution < -0.4 is 0 Å². The average molecular weight is 276 g/mol. The second-order valence-corrected chi connectivity index (χ2v) is 4.98. The molecule has 0 saturated heterocycles. The first-order chi connectivity index (χ1) is 10.3. The highest BCUT2D eigenvalue weighted by molar-refractivity contribution is 6.00. The molecule has 0 amide bonds. The molecule has 0 aliphatic heterocycles. The summed E-state index contributed by atoms with van der Waals surface area (Å²) in [5, 5.41) is 0. The SMILES string of the molecule is Cn1ccnc1C(=O)C(c1ccccc1)c1ccccc1. The van der Waals surface area contributed by atoms with E-state index in [1.165, 1.54) is 0 Å². The molecule has 0 fully saturated rings. The number of ketones is 1. The highest BCUT2D eigenvalue weighted by atomic mass is 16.1. The van der Waals surface area contributed by atoms with Crippen molar-refractivity contribution in [2.45, 2.75) is 5.92 Å². The molecule has 1 heterocycles. The number of nitrogens with zero attached hydrogens (tertiary/aromatic N) is 2. The molecule has 0 spiro atoms. The van der Waals surface area contributed by atoms with E-state index in [9.17, 15) is 4.79 Å². The van der Waals surface area contributed by atoms with Crippen LogP contribution in [0.2, 0.25) is 0 Å². The fraction of sp³-hybridized carbons (Fsp3) is 0.111. The molecule has 0 aliphatic rings. The molecule has 0 radical (unpaired) electrons. The quantitative estimate of drug-likeness (QED) is 0.684. The van der Waals surface area contributed by atoms with E-state index in [1.54, 1.807) is 17.0 Å². The van der Waals surface area contributed by atoms with Gasteiger partial charge in [-0.1, -0.05) is 60.7 Å². The number of rotatable bonds is 4. The van der Waals surface area contributed by atoms with E-state index in [2.05, 4.69) is 4.98 Å². The van der Waals surface area contributed by atoms with Gasteiger partial charge in [-0.05, 0) is 11.1 Å². The van der Waals surface area contributed by atoms with Gasteiger partial charge in [0, 0.05) is 19.4 Å². The lowest BCUT2D eigenvalue weighted by atomic mass is 9.87. The minimum atomic E-state index is -0.325. The van der Waals surface area contributed by atoms with Crippen LogP contribution in [0, 0.1) is 0 Å². The Bertz CT molecular complexity index is 693. The molecule has 0 N–H and O–H groups in total. The molecule has 3 rings (SSSR count). The standard InChI is InChI=1S/C18H16N2O/c1-20-13-12-19-18(20)17(21)16(14-8-4-2-5-9-14)15-10-6-3-7-11-15/h2-13,16H,1H3. The lowest BCUT2D eigenvalue weighted by molar-refractivity contribution is 0.0961. The summed E-state index contributed by atoms with van der Waals surface area (Å²) < 4.78 is 1.77. The number of carbonyl (C=O) groups is 1. The lowest BCUT2D eigenvalue weighted by Gasteiger charge is -2.16. The van der Waals surface area contributed by atoms with Crippen LogP contribution >= 0.6 is 0 Å². The number of hydrogen-bond acceptors (Lipinski definition) is 2. The van der Waals surface area contributed by atoms with Crippen LogP contribution in [0.1, 0.15) is 27.7 Å². The van der Waals surface area contributed by atoms with Gasteiger partial charge in [-0.3, -0.25) is 4.79 Å². The molecule has 0 atom stereocenters. The molecule has 0 saturated carbocycles. The molecule has 0 unspecified atom stereocenters. The Hall–Kier alpha value is -2.68. The van der Waals surface area contributed by atoms with Crippen LogP contribution in [0.15, 0.2) is 73.1 Å². The number of hydrogen-bond donors (Lipinski definition) is 0. The van der Waals surface area contributed by atoms with Gasteiger partial charge < -0.3 is 4.57 Å². The van der Waals surface area contributed by atoms with Crippen LogP contribution in [-0.4, -0.2) is 15.3 Å². The fourth-order valence-electron chi connectivity index (χ4n) is 2.52. The number of carbonyl (C=O) groups excluding carboxylic acids is 1. The van der Waals surface area contributed by atoms with Gasteiger partial charge in [0.15, 0.2) is 5.82 Å². The van der Waals surface area contributed by atoms with Crippen LogP contribution in [0.4, 0.5) is 0 Å². The zero-order chi connectivity index (χ0) is 14.7. The van der Waals surface area contributed by atoms with Gasteiger partial charge in [0.1, 0.15) is 0 Å². The summed E-state index contributed by atoms with van der Waals surface area (Å²) in [6.45, 7) is 0. The fourth-order valence-corrected chi connectivity index (χ4v) is 2.52. The Kier molecular flexibility index (Phi) is 3.65. The lowest BCUT2D eigenvalue weighted by Crippen LogP contribution is -2.18. The van der Waals surface area contributed by atoms with Crippen molar-refractivity contribution in [1.82, 2.24) is 9.55 Å². The Morgan fingerprint density at radius 1 is 0.952 bits per heavy atom. The summed E-state index contributed by atoms with van der Waals surface area (Å²) in [6.07, 6.45) is 3.44. The average Bonchev–Trinajstić information content (AvgIpc) is 2.96. The maximum Gasteiger partial charge on any atom is 0.210 e. The van der Waals surface area contributed by atoms with Crippen molar-refractivity contribution < 1.29 is 4.79 Å². The summed E-state index contributed by atoms with van der Waals surface area (Å²) in [7, 11) is 1.84. The Balaban J connectivity index is 2.09. The van der Waals surface area contributed by atoms with Gasteiger partial charge in [0.05, 0.1) is 5.92 Å². The molecule has 3 heteroatoms. The largest absolute Gasteiger partial charge is 0.332 e. The first-order valence-corrected chi connectivity index (χ1v) is 6.89. The Labute approximate surface area is 123 Å². The topological polar surface area (TPSA) is 34.9 Å². The predicted molar refractivity (Wildman–Crippen MR) is 82.3 cm³/mol. The number of aromatic nitrogens is 2. The number of benzene rings is 2. The third kappa shape index (κ3) is 2.63. The van der Waals surface area contributed by atoms with Crippen molar-refractivity contribution in [3.63, 3.8) is 0 Å². The molecule has 3 aromatic rings. The summed E-state index contributed by atoms with van der Waals surface area (Å²) in [5.41, 5.74) is 1.97. The minimum absolute atomic E-state index is 0.0138. The van der Waals surface area contributed by atoms with Gasteiger partial charge in [0.25, 0.3) is 0 Å². The highest BCUT2D eigenvalue weighted by Crippen LogP contribution is 2.27. The monoisotopic (exact) mass is 276 g/mol. The van der Waals surface area contributed by atoms with Crippen LogP contribution in [0.25, 0.3) is 0 Å². The summed E-state index contributed by atoms with van der Waals surface area (Å²) in [5.74, 6) is 0.168. The van der Waals surface area contributed by atoms with Crippen molar-refractivity contribution >= 4 is 5.78 Å². The van der Waals surface area contributed by atoms with Gasteiger partial charge in [0.2, 0.25) is 5.78 Å². The zero-order valence-electron chi connectivity index (χ0n) is 11.8. The molecule has 104 valence electrons. The van der Waals surface area contributed by atoms with E-state index in [1.807, 2.05) is 67.7 Å². The van der Waals surface area contributed by atoms with Crippen LogP contribution in [0.5, 0.6) is 0 Å². The van der Waals surface area contributed by atoms with E-state index in [0.29, 0.717) is 5.82 Å². The van der Waals surface area contributed by atoms with Crippen molar-refractivity contribution in [2.75, 3.05) is 0 Å². The van der Waals surface area contributed by atoms with Gasteiger partial charge in [-0.25, -0.2) is 4.98 Å². The summed E-state index contributed by atoms with van der Waals surface area (Å²) >= 11 is 0. The summed E-state index contributed by atoms with van der Waals surface area (Å²) in [6, 6.07) is 19.7. The van der Waals surface area contributed by atoms with Crippen molar-refractivity contribution in [3.8, 4) is 0 Å². The molecule has 0 aliphatic carbocycles. The van der Waals surface area contributed by atoms with E-state index < -0.39 is 0 Å². The first kappa shape index (κ1) is 13.3. The molecule has 2 aromatic carbocycles. The third-order valence-corrected chi connectivity index (χ3v) is 3.57. The first-order valence-electron chi connectivity index (χ1n) is 6.89. The Morgan fingerprint density at radius 3 is 1.90 bits per heavy atom. The Morgan fingerprint density at radius 2 is 1.48 bits per heavy atom. The molecule has 3 nitrogen and oxygen atoms in total. The molecule has 0 bridgehead atoms. The highest BCUT2D eigenvalue weighted by Gasteiger charge is 2.26.